The fourth-order valence-electron chi connectivity index (χ4n) is 3.37. The minimum atomic E-state index is 1.15. The Morgan fingerprint density at radius 1 is 0.414 bits per heavy atom. The molecule has 6 nitrogen and oxygen atoms in total. The van der Waals surface area contributed by atoms with Crippen LogP contribution in [0.3, 0.4) is 0 Å². The van der Waals surface area contributed by atoms with Crippen molar-refractivity contribution in [2.45, 2.75) is 6.42 Å². The summed E-state index contributed by atoms with van der Waals surface area (Å²) in [6.07, 6.45) is 1.27. The molecule has 0 aromatic carbocycles. The lowest BCUT2D eigenvalue weighted by Crippen LogP contribution is -2.38. The zero-order valence-corrected chi connectivity index (χ0v) is 28.3. The fourth-order valence-corrected chi connectivity index (χ4v) is 9.30. The molecule has 172 valence electrons. The highest BCUT2D eigenvalue weighted by Crippen LogP contribution is 2.24. The van der Waals surface area contributed by atoms with Gasteiger partial charge in [-0.3, -0.25) is 0 Å². The summed E-state index contributed by atoms with van der Waals surface area (Å²) in [7, 11) is 7.46. The summed E-state index contributed by atoms with van der Waals surface area (Å²) in [5.74, 6) is 0. The third kappa shape index (κ3) is 12.6. The zero-order chi connectivity index (χ0) is 20.9. The quantitative estimate of drug-likeness (QED) is 0.238. The summed E-state index contributed by atoms with van der Waals surface area (Å²) in [6.45, 7) is 16.5. The molecule has 0 N–H and O–H groups in total. The first kappa shape index (κ1) is 29.3. The second-order valence-corrected chi connectivity index (χ2v) is 14.4. The standard InChI is InChI=1S/C15H30I4N6S4/c16-26-22-8-4-20(5-9-23(27-17)13-12-22)2-1-3-21-6-10-24(28-18)14-15-25(29-19)11-7-21/h1-15H2. The molecule has 0 unspecified atom stereocenters. The summed E-state index contributed by atoms with van der Waals surface area (Å²) in [6, 6.07) is 0. The van der Waals surface area contributed by atoms with Crippen molar-refractivity contribution in [2.24, 2.45) is 0 Å². The van der Waals surface area contributed by atoms with Crippen LogP contribution >= 0.6 is 121 Å². The van der Waals surface area contributed by atoms with Crippen LogP contribution in [0.4, 0.5) is 0 Å². The van der Waals surface area contributed by atoms with Crippen LogP contribution in [0.2, 0.25) is 0 Å². The first-order chi connectivity index (χ1) is 14.2. The molecule has 14 heteroatoms. The minimum Gasteiger partial charge on any atom is -0.301 e. The van der Waals surface area contributed by atoms with Crippen LogP contribution in [-0.2, 0) is 0 Å². The predicted octanol–water partition coefficient (Wildman–Crippen LogP) is 5.21. The molecule has 0 amide bonds. The molecule has 0 aliphatic carbocycles. The Kier molecular flexibility index (Phi) is 18.6. The lowest BCUT2D eigenvalue weighted by molar-refractivity contribution is 0.216. The molecule has 0 bridgehead atoms. The molecule has 2 fully saturated rings. The molecule has 2 heterocycles. The zero-order valence-electron chi connectivity index (χ0n) is 16.4. The lowest BCUT2D eigenvalue weighted by atomic mass is 10.3. The molecule has 0 saturated carbocycles. The monoisotopic (exact) mass is 930 g/mol. The van der Waals surface area contributed by atoms with E-state index in [1.165, 1.54) is 71.9 Å². The Labute approximate surface area is 242 Å². The van der Waals surface area contributed by atoms with Gasteiger partial charge in [0, 0.05) is 163 Å². The first-order valence-corrected chi connectivity index (χ1v) is 23.0. The second-order valence-electron chi connectivity index (χ2n) is 7.03. The highest BCUT2D eigenvalue weighted by atomic mass is 127. The van der Waals surface area contributed by atoms with Gasteiger partial charge in [0.05, 0.1) is 0 Å². The highest BCUT2D eigenvalue weighted by molar-refractivity contribution is 14.2. The van der Waals surface area contributed by atoms with Crippen LogP contribution in [0.15, 0.2) is 0 Å². The number of nitrogens with zero attached hydrogens (tertiary/aromatic N) is 6. The molecular formula is C15H30I4N6S4. The lowest BCUT2D eigenvalue weighted by Gasteiger charge is -2.27. The van der Waals surface area contributed by atoms with E-state index in [1.807, 2.05) is 36.5 Å². The Morgan fingerprint density at radius 2 is 0.655 bits per heavy atom. The van der Waals surface area contributed by atoms with Crippen molar-refractivity contribution in [3.8, 4) is 0 Å². The van der Waals surface area contributed by atoms with Gasteiger partial charge in [0.2, 0.25) is 0 Å². The fraction of sp³-hybridized carbons (Fsp3) is 1.00. The Bertz CT molecular complexity index is 368. The van der Waals surface area contributed by atoms with Crippen LogP contribution in [-0.4, -0.2) is 119 Å². The van der Waals surface area contributed by atoms with E-state index in [4.69, 9.17) is 0 Å². The van der Waals surface area contributed by atoms with Crippen molar-refractivity contribution >= 4 is 121 Å². The smallest absolute Gasteiger partial charge is 0.0235 e. The number of hydrogen-bond acceptors (Lipinski definition) is 10. The van der Waals surface area contributed by atoms with Crippen molar-refractivity contribution in [3.63, 3.8) is 0 Å². The van der Waals surface area contributed by atoms with Crippen molar-refractivity contribution in [1.82, 2.24) is 27.0 Å². The van der Waals surface area contributed by atoms with E-state index in [1.54, 1.807) is 0 Å². The molecular weight excluding hydrogens is 900 g/mol. The third-order valence-corrected chi connectivity index (χ3v) is 14.1. The summed E-state index contributed by atoms with van der Waals surface area (Å²) in [5.41, 5.74) is 0. The van der Waals surface area contributed by atoms with E-state index >= 15 is 0 Å². The largest absolute Gasteiger partial charge is 0.301 e. The molecule has 2 aliphatic heterocycles. The van der Waals surface area contributed by atoms with Crippen molar-refractivity contribution in [1.29, 1.82) is 0 Å². The SMILES string of the molecule is ISN1CCN(CCCN2CCN(SI)CCN(SI)CC2)CCN(SI)CC1. The summed E-state index contributed by atoms with van der Waals surface area (Å²) >= 11 is 9.72. The van der Waals surface area contributed by atoms with E-state index in [-0.39, 0.29) is 0 Å². The molecule has 2 aliphatic rings. The van der Waals surface area contributed by atoms with Crippen LogP contribution in [0.25, 0.3) is 0 Å². The van der Waals surface area contributed by atoms with Crippen LogP contribution in [0.5, 0.6) is 0 Å². The van der Waals surface area contributed by atoms with Crippen molar-refractivity contribution < 1.29 is 0 Å². The van der Waals surface area contributed by atoms with Crippen LogP contribution in [0.1, 0.15) is 6.42 Å². The van der Waals surface area contributed by atoms with Gasteiger partial charge in [-0.05, 0) is 56.0 Å². The van der Waals surface area contributed by atoms with Gasteiger partial charge in [-0.1, -0.05) is 0 Å². The van der Waals surface area contributed by atoms with Crippen LogP contribution < -0.4 is 0 Å². The molecule has 29 heavy (non-hydrogen) atoms. The molecule has 0 atom stereocenters. The normalized spacial score (nSPS) is 24.4. The number of halogens is 4. The van der Waals surface area contributed by atoms with Crippen LogP contribution in [0, 0.1) is 0 Å². The topological polar surface area (TPSA) is 19.4 Å². The maximum atomic E-state index is 2.68. The average Bonchev–Trinajstić information content (AvgIpc) is 2.91. The van der Waals surface area contributed by atoms with Crippen molar-refractivity contribution in [2.75, 3.05) is 91.6 Å². The Hall–Kier alpha value is 4.08. The first-order valence-electron chi connectivity index (χ1n) is 9.77. The summed E-state index contributed by atoms with van der Waals surface area (Å²) in [4.78, 5) is 5.36. The molecule has 2 rings (SSSR count). The van der Waals surface area contributed by atoms with Gasteiger partial charge in [-0.2, -0.15) is 0 Å². The van der Waals surface area contributed by atoms with Gasteiger partial charge in [0.15, 0.2) is 0 Å². The molecule has 0 aromatic heterocycles. The minimum absolute atomic E-state index is 1.15. The maximum absolute atomic E-state index is 2.68. The molecule has 0 spiro atoms. The van der Waals surface area contributed by atoms with Gasteiger partial charge in [-0.25, -0.2) is 17.2 Å². The van der Waals surface area contributed by atoms with Gasteiger partial charge in [0.1, 0.15) is 0 Å². The average molecular weight is 930 g/mol. The Balaban J connectivity index is 1.80. The molecule has 0 aromatic rings. The van der Waals surface area contributed by atoms with Gasteiger partial charge in [-0.15, -0.1) is 0 Å². The summed E-state index contributed by atoms with van der Waals surface area (Å²) in [5, 5.41) is 0. The van der Waals surface area contributed by atoms with E-state index in [9.17, 15) is 0 Å². The number of hydrogen-bond donors (Lipinski definition) is 0. The van der Waals surface area contributed by atoms with E-state index in [0.717, 1.165) is 26.2 Å². The maximum Gasteiger partial charge on any atom is 0.0235 e. The molecule has 0 radical (unpaired) electrons. The van der Waals surface area contributed by atoms with Gasteiger partial charge >= 0.3 is 0 Å². The predicted molar refractivity (Wildman–Crippen MR) is 170 cm³/mol. The highest BCUT2D eigenvalue weighted by Gasteiger charge is 2.18. The van der Waals surface area contributed by atoms with Gasteiger partial charge < -0.3 is 9.80 Å². The van der Waals surface area contributed by atoms with Gasteiger partial charge in [0.25, 0.3) is 0 Å². The second kappa shape index (κ2) is 18.4. The number of rotatable bonds is 8. The van der Waals surface area contributed by atoms with E-state index in [2.05, 4.69) is 112 Å². The Morgan fingerprint density at radius 3 is 0.897 bits per heavy atom. The summed E-state index contributed by atoms with van der Waals surface area (Å²) < 4.78 is 10.0. The van der Waals surface area contributed by atoms with Crippen molar-refractivity contribution in [3.05, 3.63) is 0 Å². The molecule has 2 saturated heterocycles. The third-order valence-electron chi connectivity index (χ3n) is 5.20. The van der Waals surface area contributed by atoms with E-state index in [0.29, 0.717) is 0 Å². The van der Waals surface area contributed by atoms with E-state index < -0.39 is 0 Å².